The van der Waals surface area contributed by atoms with Crippen LogP contribution in [0.4, 0.5) is 0 Å². The van der Waals surface area contributed by atoms with Gasteiger partial charge in [0.2, 0.25) is 10.0 Å². The molecule has 0 aromatic heterocycles. The fourth-order valence-electron chi connectivity index (χ4n) is 2.36. The monoisotopic (exact) mass is 439 g/mol. The van der Waals surface area contributed by atoms with Gasteiger partial charge in [0.05, 0.1) is 4.90 Å². The molecule has 0 aliphatic heterocycles. The van der Waals surface area contributed by atoms with Gasteiger partial charge in [0.15, 0.2) is 0 Å². The van der Waals surface area contributed by atoms with Crippen LogP contribution in [0.25, 0.3) is 0 Å². The van der Waals surface area contributed by atoms with Gasteiger partial charge in [-0.3, -0.25) is 0 Å². The van der Waals surface area contributed by atoms with Crippen LogP contribution in [-0.2, 0) is 10.0 Å². The van der Waals surface area contributed by atoms with Gasteiger partial charge in [-0.2, -0.15) is 0 Å². The molecule has 0 radical (unpaired) electrons. The van der Waals surface area contributed by atoms with E-state index in [2.05, 4.69) is 64.3 Å². The van der Waals surface area contributed by atoms with E-state index in [0.29, 0.717) is 28.8 Å². The SMILES string of the molecule is Cc1cc(Br)c(S(=O)(=O)NCC(C(C)C)C(C)C)cc1Br. The van der Waals surface area contributed by atoms with Gasteiger partial charge in [-0.25, -0.2) is 13.1 Å². The summed E-state index contributed by atoms with van der Waals surface area (Å²) >= 11 is 6.73. The Kier molecular flexibility index (Phi) is 6.90. The van der Waals surface area contributed by atoms with E-state index in [1.54, 1.807) is 12.1 Å². The molecule has 120 valence electrons. The average molecular weight is 441 g/mol. The normalized spacial score (nSPS) is 12.7. The first kappa shape index (κ1) is 19.1. The van der Waals surface area contributed by atoms with Gasteiger partial charge in [-0.1, -0.05) is 43.6 Å². The van der Waals surface area contributed by atoms with Crippen LogP contribution < -0.4 is 4.72 Å². The lowest BCUT2D eigenvalue weighted by molar-refractivity contribution is 0.289. The number of hydrogen-bond acceptors (Lipinski definition) is 2. The van der Waals surface area contributed by atoms with Crippen LogP contribution in [0.1, 0.15) is 33.3 Å². The highest BCUT2D eigenvalue weighted by molar-refractivity contribution is 9.11. The minimum Gasteiger partial charge on any atom is -0.211 e. The molecule has 1 N–H and O–H groups in total. The molecule has 0 aliphatic carbocycles. The van der Waals surface area contributed by atoms with Crippen molar-refractivity contribution in [2.45, 2.75) is 39.5 Å². The average Bonchev–Trinajstić information content (AvgIpc) is 2.32. The molecule has 1 aromatic rings. The van der Waals surface area contributed by atoms with Crippen LogP contribution in [0.15, 0.2) is 26.0 Å². The molecule has 21 heavy (non-hydrogen) atoms. The Morgan fingerprint density at radius 2 is 1.57 bits per heavy atom. The van der Waals surface area contributed by atoms with E-state index in [-0.39, 0.29) is 4.90 Å². The fourth-order valence-corrected chi connectivity index (χ4v) is 5.11. The highest BCUT2D eigenvalue weighted by Crippen LogP contribution is 2.29. The fraction of sp³-hybridized carbons (Fsp3) is 0.600. The number of nitrogens with one attached hydrogen (secondary N) is 1. The molecule has 0 aliphatic rings. The Bertz CT molecular complexity index is 590. The van der Waals surface area contributed by atoms with Crippen molar-refractivity contribution < 1.29 is 8.42 Å². The third-order valence-electron chi connectivity index (χ3n) is 3.72. The van der Waals surface area contributed by atoms with Crippen molar-refractivity contribution in [3.8, 4) is 0 Å². The Morgan fingerprint density at radius 1 is 1.05 bits per heavy atom. The van der Waals surface area contributed by atoms with Crippen molar-refractivity contribution >= 4 is 41.9 Å². The lowest BCUT2D eigenvalue weighted by Gasteiger charge is -2.25. The molecule has 1 aromatic carbocycles. The summed E-state index contributed by atoms with van der Waals surface area (Å²) < 4.78 is 29.1. The van der Waals surface area contributed by atoms with Crippen molar-refractivity contribution in [1.82, 2.24) is 4.72 Å². The van der Waals surface area contributed by atoms with Crippen LogP contribution in [0.3, 0.4) is 0 Å². The van der Waals surface area contributed by atoms with Crippen molar-refractivity contribution in [3.05, 3.63) is 26.6 Å². The van der Waals surface area contributed by atoms with E-state index in [0.717, 1.165) is 10.0 Å². The summed E-state index contributed by atoms with van der Waals surface area (Å²) in [5, 5.41) is 0. The molecule has 1 rings (SSSR count). The van der Waals surface area contributed by atoms with Gasteiger partial charge < -0.3 is 0 Å². The van der Waals surface area contributed by atoms with Crippen LogP contribution in [-0.4, -0.2) is 15.0 Å². The zero-order chi connectivity index (χ0) is 16.4. The lowest BCUT2D eigenvalue weighted by Crippen LogP contribution is -2.34. The molecule has 0 unspecified atom stereocenters. The smallest absolute Gasteiger partial charge is 0.211 e. The molecule has 0 atom stereocenters. The molecule has 0 fully saturated rings. The molecule has 0 spiro atoms. The molecule has 0 saturated carbocycles. The van der Waals surface area contributed by atoms with Gasteiger partial charge in [-0.05, 0) is 58.3 Å². The summed E-state index contributed by atoms with van der Waals surface area (Å²) in [6, 6.07) is 3.45. The maximum Gasteiger partial charge on any atom is 0.241 e. The third kappa shape index (κ3) is 5.05. The van der Waals surface area contributed by atoms with Gasteiger partial charge in [-0.15, -0.1) is 0 Å². The van der Waals surface area contributed by atoms with Crippen LogP contribution >= 0.6 is 31.9 Å². The maximum atomic E-state index is 12.5. The summed E-state index contributed by atoms with van der Waals surface area (Å²) in [6.45, 7) is 10.9. The topological polar surface area (TPSA) is 46.2 Å². The first-order valence-corrected chi connectivity index (χ1v) is 10.1. The van der Waals surface area contributed by atoms with Crippen molar-refractivity contribution in [2.24, 2.45) is 17.8 Å². The first-order valence-electron chi connectivity index (χ1n) is 7.01. The van der Waals surface area contributed by atoms with Crippen molar-refractivity contribution in [2.75, 3.05) is 6.54 Å². The number of hydrogen-bond donors (Lipinski definition) is 1. The molecular weight excluding hydrogens is 418 g/mol. The summed E-state index contributed by atoms with van der Waals surface area (Å²) in [4.78, 5) is 0.270. The predicted molar refractivity (Wildman–Crippen MR) is 94.9 cm³/mol. The van der Waals surface area contributed by atoms with E-state index >= 15 is 0 Å². The molecular formula is C15H23Br2NO2S. The number of sulfonamides is 1. The largest absolute Gasteiger partial charge is 0.241 e. The minimum atomic E-state index is -3.52. The predicted octanol–water partition coefficient (Wildman–Crippen LogP) is 4.73. The van der Waals surface area contributed by atoms with Crippen LogP contribution in [0.2, 0.25) is 0 Å². The zero-order valence-electron chi connectivity index (χ0n) is 13.1. The van der Waals surface area contributed by atoms with Crippen LogP contribution in [0.5, 0.6) is 0 Å². The second kappa shape index (κ2) is 7.57. The summed E-state index contributed by atoms with van der Waals surface area (Å²) in [5.41, 5.74) is 0.989. The van der Waals surface area contributed by atoms with Crippen molar-refractivity contribution in [1.29, 1.82) is 0 Å². The maximum absolute atomic E-state index is 12.5. The third-order valence-corrected chi connectivity index (χ3v) is 6.96. The number of halogens is 2. The Hall–Kier alpha value is 0.0900. The van der Waals surface area contributed by atoms with Gasteiger partial charge >= 0.3 is 0 Å². The Balaban J connectivity index is 3.00. The first-order chi connectivity index (χ1) is 9.56. The quantitative estimate of drug-likeness (QED) is 0.694. The molecule has 0 bridgehead atoms. The standard InChI is InChI=1S/C15H23Br2NO2S/c1-9(2)12(10(3)4)8-18-21(19,20)15-7-13(16)11(5)6-14(15)17/h6-7,9-10,12,18H,8H2,1-5H3. The van der Waals surface area contributed by atoms with E-state index in [4.69, 9.17) is 0 Å². The lowest BCUT2D eigenvalue weighted by atomic mass is 9.86. The van der Waals surface area contributed by atoms with Crippen molar-refractivity contribution in [3.63, 3.8) is 0 Å². The molecule has 3 nitrogen and oxygen atoms in total. The number of benzene rings is 1. The van der Waals surface area contributed by atoms with E-state index < -0.39 is 10.0 Å². The highest BCUT2D eigenvalue weighted by Gasteiger charge is 2.23. The summed E-state index contributed by atoms with van der Waals surface area (Å²) in [7, 11) is -3.52. The number of rotatable bonds is 6. The highest BCUT2D eigenvalue weighted by atomic mass is 79.9. The van der Waals surface area contributed by atoms with Gasteiger partial charge in [0.25, 0.3) is 0 Å². The molecule has 0 saturated heterocycles. The van der Waals surface area contributed by atoms with Gasteiger partial charge in [0.1, 0.15) is 0 Å². The zero-order valence-corrected chi connectivity index (χ0v) is 17.1. The summed E-state index contributed by atoms with van der Waals surface area (Å²) in [6.07, 6.45) is 0. The Morgan fingerprint density at radius 3 is 2.05 bits per heavy atom. The Labute approximate surface area is 145 Å². The second-order valence-electron chi connectivity index (χ2n) is 6.04. The molecule has 0 heterocycles. The van der Waals surface area contributed by atoms with E-state index in [9.17, 15) is 8.42 Å². The number of aryl methyl sites for hydroxylation is 1. The molecule has 6 heteroatoms. The van der Waals surface area contributed by atoms with E-state index in [1.807, 2.05) is 6.92 Å². The van der Waals surface area contributed by atoms with E-state index in [1.165, 1.54) is 0 Å². The van der Waals surface area contributed by atoms with Gasteiger partial charge in [0, 0.05) is 15.5 Å². The summed E-state index contributed by atoms with van der Waals surface area (Å²) in [5.74, 6) is 1.18. The minimum absolute atomic E-state index is 0.270. The van der Waals surface area contributed by atoms with Crippen LogP contribution in [0, 0.1) is 24.7 Å². The molecule has 0 amide bonds. The second-order valence-corrected chi connectivity index (χ2v) is 9.48.